The number of hydrogen-bond donors (Lipinski definition) is 2. The van der Waals surface area contributed by atoms with Gasteiger partial charge in [-0.25, -0.2) is 0 Å². The number of carbonyl (C=O) groups is 1. The highest BCUT2D eigenvalue weighted by molar-refractivity contribution is 5.87. The third-order valence-electron chi connectivity index (χ3n) is 5.84. The monoisotopic (exact) mass is 343 g/mol. The van der Waals surface area contributed by atoms with Gasteiger partial charge < -0.3 is 24.7 Å². The fraction of sp³-hybridized carbons (Fsp3) is 0.526. The summed E-state index contributed by atoms with van der Waals surface area (Å²) in [4.78, 5) is 18.4. The van der Waals surface area contributed by atoms with E-state index >= 15 is 0 Å². The number of H-pyrrole nitrogens is 1. The first-order valence-electron chi connectivity index (χ1n) is 8.79. The molecule has 0 aliphatic carbocycles. The number of piperidine rings is 1. The fourth-order valence-corrected chi connectivity index (χ4v) is 4.52. The average Bonchev–Trinajstić information content (AvgIpc) is 3.02. The Hall–Kier alpha value is -2.05. The van der Waals surface area contributed by atoms with E-state index in [1.54, 1.807) is 7.11 Å². The van der Waals surface area contributed by atoms with E-state index in [9.17, 15) is 4.79 Å². The van der Waals surface area contributed by atoms with E-state index in [-0.39, 0.29) is 17.4 Å². The number of nitrogens with zero attached hydrogens (tertiary/aromatic N) is 1. The number of nitrogens with one attached hydrogen (secondary N) is 2. The molecule has 2 atom stereocenters. The predicted octanol–water partition coefficient (Wildman–Crippen LogP) is 1.64. The van der Waals surface area contributed by atoms with Gasteiger partial charge in [-0.3, -0.25) is 4.79 Å². The van der Waals surface area contributed by atoms with Crippen LogP contribution in [0.2, 0.25) is 0 Å². The molecule has 0 bridgehead atoms. The molecule has 2 unspecified atom stereocenters. The van der Waals surface area contributed by atoms with Crippen LogP contribution in [-0.2, 0) is 21.5 Å². The van der Waals surface area contributed by atoms with E-state index in [0.717, 1.165) is 42.9 Å². The van der Waals surface area contributed by atoms with Crippen molar-refractivity contribution in [1.29, 1.82) is 0 Å². The van der Waals surface area contributed by atoms with Crippen molar-refractivity contribution in [3.05, 3.63) is 29.5 Å². The van der Waals surface area contributed by atoms with Crippen LogP contribution >= 0.6 is 0 Å². The maximum atomic E-state index is 12.6. The highest BCUT2D eigenvalue weighted by Crippen LogP contribution is 2.43. The minimum atomic E-state index is -0.389. The molecule has 6 heteroatoms. The first kappa shape index (κ1) is 16.4. The Kier molecular flexibility index (Phi) is 3.96. The number of ether oxygens (including phenoxy) is 2. The lowest BCUT2D eigenvalue weighted by Crippen LogP contribution is -2.61. The summed E-state index contributed by atoms with van der Waals surface area (Å²) >= 11 is 0. The number of esters is 1. The van der Waals surface area contributed by atoms with Gasteiger partial charge in [0.1, 0.15) is 5.75 Å². The van der Waals surface area contributed by atoms with Gasteiger partial charge >= 0.3 is 5.97 Å². The summed E-state index contributed by atoms with van der Waals surface area (Å²) in [5.41, 5.74) is 3.15. The molecule has 25 heavy (non-hydrogen) atoms. The fourth-order valence-electron chi connectivity index (χ4n) is 4.52. The summed E-state index contributed by atoms with van der Waals surface area (Å²) < 4.78 is 10.6. The first-order chi connectivity index (χ1) is 12.1. The predicted molar refractivity (Wildman–Crippen MR) is 95.9 cm³/mol. The maximum Gasteiger partial charge on any atom is 0.312 e. The quantitative estimate of drug-likeness (QED) is 0.812. The molecule has 0 saturated carbocycles. The van der Waals surface area contributed by atoms with Crippen LogP contribution in [0.4, 0.5) is 0 Å². The van der Waals surface area contributed by atoms with Gasteiger partial charge in [0.25, 0.3) is 0 Å². The molecule has 1 aromatic heterocycles. The first-order valence-corrected chi connectivity index (χ1v) is 8.79. The number of carbonyl (C=O) groups excluding carboxylic acids is 1. The summed E-state index contributed by atoms with van der Waals surface area (Å²) in [7, 11) is 5.22. The lowest BCUT2D eigenvalue weighted by atomic mass is 9.72. The number of benzene rings is 1. The number of methoxy groups -OCH3 is 2. The van der Waals surface area contributed by atoms with Crippen LogP contribution in [0, 0.1) is 5.92 Å². The molecule has 0 amide bonds. The smallest absolute Gasteiger partial charge is 0.312 e. The van der Waals surface area contributed by atoms with Gasteiger partial charge in [-0.15, -0.1) is 0 Å². The van der Waals surface area contributed by atoms with Crippen LogP contribution < -0.4 is 10.1 Å². The summed E-state index contributed by atoms with van der Waals surface area (Å²) in [6.07, 6.45) is 1.81. The summed E-state index contributed by atoms with van der Waals surface area (Å²) in [6, 6.07) is 6.12. The molecule has 0 radical (unpaired) electrons. The van der Waals surface area contributed by atoms with Crippen LogP contribution in [0.1, 0.15) is 17.7 Å². The van der Waals surface area contributed by atoms with Crippen molar-refractivity contribution < 1.29 is 14.3 Å². The van der Waals surface area contributed by atoms with Crippen LogP contribution in [0.3, 0.4) is 0 Å². The second-order valence-corrected chi connectivity index (χ2v) is 7.13. The summed E-state index contributed by atoms with van der Waals surface area (Å²) in [5.74, 6) is 0.475. The van der Waals surface area contributed by atoms with Gasteiger partial charge in [-0.1, -0.05) is 0 Å². The third-order valence-corrected chi connectivity index (χ3v) is 5.84. The van der Waals surface area contributed by atoms with E-state index in [4.69, 9.17) is 9.47 Å². The third kappa shape index (κ3) is 2.43. The zero-order valence-corrected chi connectivity index (χ0v) is 15.0. The highest BCUT2D eigenvalue weighted by atomic mass is 16.5. The van der Waals surface area contributed by atoms with Gasteiger partial charge in [0.05, 0.1) is 25.7 Å². The molecule has 1 fully saturated rings. The Bertz CT molecular complexity index is 816. The van der Waals surface area contributed by atoms with Crippen LogP contribution in [-0.4, -0.2) is 56.8 Å². The molecule has 1 aromatic carbocycles. The summed E-state index contributed by atoms with van der Waals surface area (Å²) in [6.45, 7) is 2.49. The number of fused-ring (bicyclic) bond motifs is 4. The minimum absolute atomic E-state index is 0.150. The molecular formula is C19H25N3O3. The topological polar surface area (TPSA) is 66.6 Å². The van der Waals surface area contributed by atoms with Crippen molar-refractivity contribution in [3.8, 4) is 5.75 Å². The highest BCUT2D eigenvalue weighted by Gasteiger charge is 2.51. The number of likely N-dealkylation sites (tertiary alicyclic amines) is 1. The Balaban J connectivity index is 1.88. The van der Waals surface area contributed by atoms with Crippen molar-refractivity contribution in [2.45, 2.75) is 18.4 Å². The molecule has 2 aromatic rings. The number of aromatic nitrogens is 1. The molecule has 2 N–H and O–H groups in total. The Morgan fingerprint density at radius 3 is 2.96 bits per heavy atom. The molecular weight excluding hydrogens is 318 g/mol. The maximum absolute atomic E-state index is 12.6. The Labute approximate surface area is 147 Å². The lowest BCUT2D eigenvalue weighted by Gasteiger charge is -2.48. The van der Waals surface area contributed by atoms with Crippen molar-refractivity contribution in [2.75, 3.05) is 40.9 Å². The van der Waals surface area contributed by atoms with Gasteiger partial charge in [0.2, 0.25) is 0 Å². The number of hydrogen-bond acceptors (Lipinski definition) is 5. The van der Waals surface area contributed by atoms with Gasteiger partial charge in [0, 0.05) is 36.2 Å². The van der Waals surface area contributed by atoms with Crippen molar-refractivity contribution in [1.82, 2.24) is 15.2 Å². The molecule has 3 heterocycles. The largest absolute Gasteiger partial charge is 0.497 e. The molecule has 1 saturated heterocycles. The van der Waals surface area contributed by atoms with E-state index in [1.807, 2.05) is 6.07 Å². The molecule has 4 rings (SSSR count). The Morgan fingerprint density at radius 1 is 1.36 bits per heavy atom. The zero-order valence-electron chi connectivity index (χ0n) is 15.0. The van der Waals surface area contributed by atoms with Crippen LogP contribution in [0.15, 0.2) is 18.2 Å². The second kappa shape index (κ2) is 6.04. The standard InChI is InChI=1S/C19H25N3O3/c1-22-9-7-19(15(11-22)18(23)25-3)17-13(6-8-20-19)14-10-12(24-2)4-5-16(14)21-17/h4-5,10,15,20-21H,6-9,11H2,1-3H3. The normalized spacial score (nSPS) is 26.6. The van der Waals surface area contributed by atoms with Crippen LogP contribution in [0.5, 0.6) is 5.75 Å². The van der Waals surface area contributed by atoms with Crippen molar-refractivity contribution >= 4 is 16.9 Å². The lowest BCUT2D eigenvalue weighted by molar-refractivity contribution is -0.152. The van der Waals surface area contributed by atoms with E-state index in [0.29, 0.717) is 6.54 Å². The Morgan fingerprint density at radius 2 is 2.20 bits per heavy atom. The van der Waals surface area contributed by atoms with Crippen molar-refractivity contribution in [3.63, 3.8) is 0 Å². The number of aromatic amines is 1. The second-order valence-electron chi connectivity index (χ2n) is 7.13. The average molecular weight is 343 g/mol. The van der Waals surface area contributed by atoms with Gasteiger partial charge in [-0.2, -0.15) is 0 Å². The minimum Gasteiger partial charge on any atom is -0.497 e. The van der Waals surface area contributed by atoms with Crippen LogP contribution in [0.25, 0.3) is 10.9 Å². The SMILES string of the molecule is COC(=O)C1CN(C)CCC12NCCc1c2[nH]c2ccc(OC)cc12. The van der Waals surface area contributed by atoms with E-state index in [2.05, 4.69) is 34.4 Å². The van der Waals surface area contributed by atoms with Gasteiger partial charge in [-0.05, 0) is 43.7 Å². The molecule has 2 aliphatic rings. The number of rotatable bonds is 2. The molecule has 1 spiro atoms. The molecule has 134 valence electrons. The van der Waals surface area contributed by atoms with Gasteiger partial charge in [0.15, 0.2) is 0 Å². The zero-order chi connectivity index (χ0) is 17.6. The van der Waals surface area contributed by atoms with E-state index < -0.39 is 0 Å². The summed E-state index contributed by atoms with van der Waals surface area (Å²) in [5, 5.41) is 4.87. The van der Waals surface area contributed by atoms with Crippen molar-refractivity contribution in [2.24, 2.45) is 5.92 Å². The van der Waals surface area contributed by atoms with E-state index in [1.165, 1.54) is 18.1 Å². The molecule has 2 aliphatic heterocycles. The molecule has 6 nitrogen and oxygen atoms in total.